The monoisotopic (exact) mass is 628 g/mol. The number of cyclic esters (lactones) is 1. The number of fused-ring (bicyclic) bond motifs is 1. The van der Waals surface area contributed by atoms with Crippen LogP contribution in [-0.2, 0) is 14.3 Å². The number of ether oxygens (including phenoxy) is 1. The van der Waals surface area contributed by atoms with Crippen molar-refractivity contribution in [3.05, 3.63) is 47.5 Å². The van der Waals surface area contributed by atoms with Gasteiger partial charge < -0.3 is 25.8 Å². The zero-order chi connectivity index (χ0) is 33.3. The molecule has 0 saturated carbocycles. The molecule has 0 aliphatic carbocycles. The molecule has 45 heavy (non-hydrogen) atoms. The molecule has 5 N–H and O–H groups in total. The molecular weight excluding hydrogens is 579 g/mol. The predicted octanol–water partition coefficient (Wildman–Crippen LogP) is 3.90. The summed E-state index contributed by atoms with van der Waals surface area (Å²) < 4.78 is 21.6. The first-order chi connectivity index (χ1) is 21.1. The lowest BCUT2D eigenvalue weighted by molar-refractivity contribution is -0.154. The van der Waals surface area contributed by atoms with Gasteiger partial charge in [-0.15, -0.1) is 0 Å². The molecule has 0 amide bonds. The Bertz CT molecular complexity index is 1410. The van der Waals surface area contributed by atoms with Crippen LogP contribution in [0.1, 0.15) is 79.3 Å². The summed E-state index contributed by atoms with van der Waals surface area (Å²) in [5.41, 5.74) is 5.95. The topological polar surface area (TPSA) is 151 Å². The number of halogens is 1. The zero-order valence-corrected chi connectivity index (χ0v) is 27.2. The van der Waals surface area contributed by atoms with Crippen molar-refractivity contribution in [3.63, 3.8) is 0 Å². The number of nitrogen functional groups attached to an aromatic ring is 1. The molecule has 248 valence electrons. The van der Waals surface area contributed by atoms with Crippen molar-refractivity contribution in [2.45, 2.75) is 104 Å². The Balaban J connectivity index is 1.64. The van der Waals surface area contributed by atoms with Crippen LogP contribution in [0.5, 0.6) is 0 Å². The van der Waals surface area contributed by atoms with Crippen LogP contribution in [0.3, 0.4) is 0 Å². The Morgan fingerprint density at radius 1 is 1.20 bits per heavy atom. The van der Waals surface area contributed by atoms with Gasteiger partial charge in [-0.05, 0) is 62.5 Å². The number of aliphatic hydroxyl groups is 3. The first kappa shape index (κ1) is 34.7. The Morgan fingerprint density at radius 2 is 1.91 bits per heavy atom. The van der Waals surface area contributed by atoms with Crippen LogP contribution in [0, 0.1) is 23.1 Å². The van der Waals surface area contributed by atoms with Crippen molar-refractivity contribution in [3.8, 4) is 5.69 Å². The maximum Gasteiger partial charge on any atom is 0.309 e. The van der Waals surface area contributed by atoms with E-state index in [2.05, 4.69) is 16.9 Å². The molecule has 1 aromatic heterocycles. The van der Waals surface area contributed by atoms with Gasteiger partial charge in [-0.1, -0.05) is 34.1 Å². The lowest BCUT2D eigenvalue weighted by atomic mass is 9.73. The molecule has 10 nitrogen and oxygen atoms in total. The third-order valence-corrected chi connectivity index (χ3v) is 10.2. The minimum atomic E-state index is -1.31. The molecule has 11 heteroatoms. The number of benzene rings is 1. The minimum Gasteiger partial charge on any atom is -0.458 e. The van der Waals surface area contributed by atoms with E-state index in [0.717, 1.165) is 24.8 Å². The summed E-state index contributed by atoms with van der Waals surface area (Å²) in [6, 6.07) is 6.23. The fourth-order valence-electron chi connectivity index (χ4n) is 6.83. The number of aliphatic hydroxyl groups excluding tert-OH is 3. The molecule has 4 rings (SSSR count). The maximum atomic E-state index is 14.1. The maximum absolute atomic E-state index is 14.1. The number of anilines is 1. The highest BCUT2D eigenvalue weighted by Gasteiger charge is 2.58. The molecule has 3 heterocycles. The van der Waals surface area contributed by atoms with Crippen LogP contribution >= 0.6 is 0 Å². The number of β-amino-alcohol motifs (C(OH)–C–C–N with tert-alkyl or cyclic N) is 1. The molecule has 2 saturated heterocycles. The number of hydrogen-bond donors (Lipinski definition) is 4. The van der Waals surface area contributed by atoms with E-state index in [9.17, 15) is 29.3 Å². The Labute approximate surface area is 265 Å². The van der Waals surface area contributed by atoms with Crippen LogP contribution < -0.4 is 5.73 Å². The van der Waals surface area contributed by atoms with E-state index in [4.69, 9.17) is 10.5 Å². The smallest absolute Gasteiger partial charge is 0.309 e. The summed E-state index contributed by atoms with van der Waals surface area (Å²) in [4.78, 5) is 29.0. The average Bonchev–Trinajstić information content (AvgIpc) is 3.28. The molecule has 2 aromatic rings. The number of esters is 1. The number of aromatic nitrogens is 2. The first-order valence-corrected chi connectivity index (χ1v) is 15.9. The summed E-state index contributed by atoms with van der Waals surface area (Å²) in [5.74, 6) is -2.34. The third kappa shape index (κ3) is 7.48. The highest BCUT2D eigenvalue weighted by molar-refractivity contribution is 5.88. The lowest BCUT2D eigenvalue weighted by Crippen LogP contribution is -2.45. The third-order valence-electron chi connectivity index (χ3n) is 10.2. The molecule has 0 spiro atoms. The Hall–Kier alpha value is -3.12. The van der Waals surface area contributed by atoms with E-state index in [0.29, 0.717) is 24.3 Å². The van der Waals surface area contributed by atoms with E-state index < -0.39 is 41.4 Å². The van der Waals surface area contributed by atoms with Crippen molar-refractivity contribution in [2.75, 3.05) is 18.9 Å². The highest BCUT2D eigenvalue weighted by Crippen LogP contribution is 2.48. The normalized spacial score (nSPS) is 33.4. The molecule has 1 unspecified atom stereocenters. The van der Waals surface area contributed by atoms with Crippen molar-refractivity contribution >= 4 is 23.5 Å². The summed E-state index contributed by atoms with van der Waals surface area (Å²) >= 11 is 0. The quantitative estimate of drug-likeness (QED) is 0.220. The summed E-state index contributed by atoms with van der Waals surface area (Å²) in [6.07, 6.45) is 3.07. The van der Waals surface area contributed by atoms with Crippen molar-refractivity contribution in [2.24, 2.45) is 17.3 Å². The number of rotatable bonds is 5. The Kier molecular flexibility index (Phi) is 10.6. The summed E-state index contributed by atoms with van der Waals surface area (Å²) in [5, 5.41) is 36.4. The van der Waals surface area contributed by atoms with Crippen molar-refractivity contribution in [1.82, 2.24) is 14.7 Å². The van der Waals surface area contributed by atoms with Crippen molar-refractivity contribution in [1.29, 1.82) is 0 Å². The number of Topliss-reactive ketones (excluding diaryl/α,β-unsaturated/α-hetero) is 1. The summed E-state index contributed by atoms with van der Waals surface area (Å²) in [7, 11) is 0. The van der Waals surface area contributed by atoms with Gasteiger partial charge in [0.1, 0.15) is 17.7 Å². The second-order valence-electron chi connectivity index (χ2n) is 13.7. The molecular formula is C34H49FN4O6. The van der Waals surface area contributed by atoms with E-state index in [-0.39, 0.29) is 42.0 Å². The van der Waals surface area contributed by atoms with Gasteiger partial charge in [-0.3, -0.25) is 14.5 Å². The number of carbonyl (C=O) groups is 2. The second kappa shape index (κ2) is 13.7. The van der Waals surface area contributed by atoms with Gasteiger partial charge in [0, 0.05) is 42.7 Å². The zero-order valence-electron chi connectivity index (χ0n) is 27.2. The molecule has 8 atom stereocenters. The number of ketones is 1. The molecule has 2 fully saturated rings. The van der Waals surface area contributed by atoms with Gasteiger partial charge in [0.05, 0.1) is 47.7 Å². The molecule has 1 aromatic carbocycles. The number of nitrogens with zero attached hydrogens (tertiary/aromatic N) is 3. The number of nitrogens with two attached hydrogens (primary N) is 1. The largest absolute Gasteiger partial charge is 0.458 e. The predicted molar refractivity (Wildman–Crippen MR) is 170 cm³/mol. The van der Waals surface area contributed by atoms with Crippen LogP contribution in [0.25, 0.3) is 11.8 Å². The van der Waals surface area contributed by atoms with E-state index in [1.807, 2.05) is 19.9 Å². The summed E-state index contributed by atoms with van der Waals surface area (Å²) in [6.45, 7) is 11.3. The molecule has 2 aliphatic rings. The van der Waals surface area contributed by atoms with Crippen LogP contribution in [0.4, 0.5) is 10.1 Å². The van der Waals surface area contributed by atoms with Crippen LogP contribution in [-0.4, -0.2) is 84.8 Å². The van der Waals surface area contributed by atoms with Crippen LogP contribution in [0.15, 0.2) is 36.0 Å². The standard InChI is InChI=1S/C34H49FN4O6/c1-20-8-7-12-34(6)28(38(34)14-15-40)18-27(45-30(42)19-29(41)33(4,5)32(44)22(3)31(20)43)21(2)16-23-11-13-39(37-23)24-9-10-26(36)25(35)17-24/h9-11,13,16-17,20,22,27-29,31,40-41,43H,7-8,12,14-15,18-19,36H2,1-6H3/b21-16+/t20-,22+,27-,28-,29-,31-,34+,38?/m0/s1. The van der Waals surface area contributed by atoms with Gasteiger partial charge in [-0.25, -0.2) is 9.07 Å². The van der Waals surface area contributed by atoms with Crippen LogP contribution in [0.2, 0.25) is 0 Å². The van der Waals surface area contributed by atoms with Gasteiger partial charge in [0.25, 0.3) is 0 Å². The van der Waals surface area contributed by atoms with E-state index >= 15 is 0 Å². The van der Waals surface area contributed by atoms with Gasteiger partial charge >= 0.3 is 5.97 Å². The van der Waals surface area contributed by atoms with Crippen molar-refractivity contribution < 1.29 is 34.0 Å². The average molecular weight is 629 g/mol. The number of hydrogen-bond acceptors (Lipinski definition) is 9. The molecule has 2 aliphatic heterocycles. The second-order valence-corrected chi connectivity index (χ2v) is 13.7. The van der Waals surface area contributed by atoms with Gasteiger partial charge in [-0.2, -0.15) is 5.10 Å². The molecule has 0 radical (unpaired) electrons. The first-order valence-electron chi connectivity index (χ1n) is 15.9. The Morgan fingerprint density at radius 3 is 2.58 bits per heavy atom. The number of carbonyl (C=O) groups excluding carboxylic acids is 2. The highest BCUT2D eigenvalue weighted by atomic mass is 19.1. The SMILES string of the molecule is C/C(=C\c1ccn(-c2ccc(N)c(F)c2)n1)[C@@H]1C[C@@H]2N(CCO)[C@]2(C)CCC[C@H](C)[C@H](O)[C@@H](C)C(=O)C(C)(C)[C@@H](O)CC(=O)O1. The fourth-order valence-corrected chi connectivity index (χ4v) is 6.83. The molecule has 0 bridgehead atoms. The van der Waals surface area contributed by atoms with E-state index in [1.54, 1.807) is 39.1 Å². The lowest BCUT2D eigenvalue weighted by Gasteiger charge is -2.34. The van der Waals surface area contributed by atoms with E-state index in [1.165, 1.54) is 16.8 Å². The minimum absolute atomic E-state index is 0.00938. The van der Waals surface area contributed by atoms with Gasteiger partial charge in [0.2, 0.25) is 0 Å². The van der Waals surface area contributed by atoms with Gasteiger partial charge in [0.15, 0.2) is 0 Å². The fraction of sp³-hybridized carbons (Fsp3) is 0.618.